The molecule has 2 saturated heterocycles. The molecule has 3 heterocycles. The van der Waals surface area contributed by atoms with Gasteiger partial charge in [-0.25, -0.2) is 13.2 Å². The van der Waals surface area contributed by atoms with E-state index < -0.39 is 23.6 Å². The fourth-order valence-corrected chi connectivity index (χ4v) is 10.5. The van der Waals surface area contributed by atoms with Crippen LogP contribution in [-0.2, 0) is 26.1 Å². The molecule has 51 heavy (non-hydrogen) atoms. The number of rotatable bonds is 13. The van der Waals surface area contributed by atoms with Gasteiger partial charge in [-0.2, -0.15) is 9.40 Å². The minimum atomic E-state index is -3.93. The SMILES string of the molecule is C[C@@H]1CN(c2cc(S(=O)(=O)N(COCC[Si](C)(C)C)C3(C)CC3)cc3c2cnn3C2CCN(C(=O)OCc3ccccc3)C2)C[C@H](C)N1C1CC1. The van der Waals surface area contributed by atoms with Gasteiger partial charge in [0.05, 0.1) is 22.7 Å². The number of carbonyl (C=O) groups excluding carboxylic acids is 1. The second kappa shape index (κ2) is 14.1. The molecule has 2 saturated carbocycles. The first-order chi connectivity index (χ1) is 24.2. The minimum Gasteiger partial charge on any atom is -0.445 e. The lowest BCUT2D eigenvalue weighted by Crippen LogP contribution is -2.57. The van der Waals surface area contributed by atoms with E-state index in [0.29, 0.717) is 44.2 Å². The van der Waals surface area contributed by atoms with Crippen molar-refractivity contribution in [2.75, 3.05) is 44.4 Å². The number of amides is 1. The third-order valence-corrected chi connectivity index (χ3v) is 15.0. The largest absolute Gasteiger partial charge is 0.445 e. The van der Waals surface area contributed by atoms with E-state index in [1.54, 1.807) is 9.21 Å². The van der Waals surface area contributed by atoms with Crippen LogP contribution in [0.5, 0.6) is 0 Å². The molecule has 2 aliphatic carbocycles. The Kier molecular flexibility index (Phi) is 10.1. The number of hydrogen-bond acceptors (Lipinski definition) is 8. The van der Waals surface area contributed by atoms with E-state index in [1.165, 1.54) is 12.8 Å². The maximum atomic E-state index is 14.8. The van der Waals surface area contributed by atoms with Crippen molar-refractivity contribution in [2.45, 2.75) is 120 Å². The van der Waals surface area contributed by atoms with E-state index in [0.717, 1.165) is 54.1 Å². The van der Waals surface area contributed by atoms with Crippen LogP contribution in [0.1, 0.15) is 64.5 Å². The van der Waals surface area contributed by atoms with Crippen LogP contribution in [0.25, 0.3) is 10.9 Å². The number of piperazine rings is 1. The summed E-state index contributed by atoms with van der Waals surface area (Å²) in [6.07, 6.45) is 6.38. The first kappa shape index (κ1) is 36.4. The average Bonchev–Trinajstić information content (AvgIpc) is 3.95. The number of sulfonamides is 1. The summed E-state index contributed by atoms with van der Waals surface area (Å²) in [7, 11) is -5.26. The maximum absolute atomic E-state index is 14.8. The molecule has 1 aromatic heterocycles. The summed E-state index contributed by atoms with van der Waals surface area (Å²) in [6.45, 7) is 17.0. The highest BCUT2D eigenvalue weighted by Crippen LogP contribution is 2.45. The van der Waals surface area contributed by atoms with E-state index in [-0.39, 0.29) is 30.4 Å². The van der Waals surface area contributed by atoms with Gasteiger partial charge in [-0.3, -0.25) is 9.58 Å². The number of nitrogens with zero attached hydrogens (tertiary/aromatic N) is 6. The van der Waals surface area contributed by atoms with E-state index in [9.17, 15) is 13.2 Å². The van der Waals surface area contributed by atoms with E-state index in [4.69, 9.17) is 14.6 Å². The molecule has 4 fully saturated rings. The van der Waals surface area contributed by atoms with Crippen LogP contribution in [-0.4, -0.2) is 110 Å². The van der Waals surface area contributed by atoms with Crippen LogP contribution >= 0.6 is 0 Å². The van der Waals surface area contributed by atoms with Crippen LogP contribution in [0.15, 0.2) is 53.6 Å². The molecule has 13 heteroatoms. The van der Waals surface area contributed by atoms with Gasteiger partial charge in [0.25, 0.3) is 0 Å². The van der Waals surface area contributed by atoms with Gasteiger partial charge in [0.1, 0.15) is 13.3 Å². The Morgan fingerprint density at radius 1 is 1.00 bits per heavy atom. The molecule has 4 aliphatic rings. The summed E-state index contributed by atoms with van der Waals surface area (Å²) in [5, 5.41) is 5.83. The summed E-state index contributed by atoms with van der Waals surface area (Å²) in [4.78, 5) is 20.1. The van der Waals surface area contributed by atoms with E-state index in [1.807, 2.05) is 60.3 Å². The molecule has 0 spiro atoms. The number of carbonyl (C=O) groups is 1. The van der Waals surface area contributed by atoms with Crippen molar-refractivity contribution in [1.82, 2.24) is 23.9 Å². The number of likely N-dealkylation sites (tertiary alicyclic amines) is 1. The van der Waals surface area contributed by atoms with Crippen molar-refractivity contribution in [2.24, 2.45) is 0 Å². The van der Waals surface area contributed by atoms with E-state index in [2.05, 4.69) is 43.3 Å². The van der Waals surface area contributed by atoms with Gasteiger partial charge in [-0.1, -0.05) is 50.0 Å². The highest BCUT2D eigenvalue weighted by atomic mass is 32.2. The lowest BCUT2D eigenvalue weighted by atomic mass is 10.1. The molecule has 278 valence electrons. The van der Waals surface area contributed by atoms with Crippen LogP contribution in [0.3, 0.4) is 0 Å². The Morgan fingerprint density at radius 2 is 1.71 bits per heavy atom. The monoisotopic (exact) mass is 736 g/mol. The Balaban J connectivity index is 1.20. The number of benzene rings is 2. The molecule has 2 aliphatic heterocycles. The number of hydrogen-bond donors (Lipinski definition) is 0. The van der Waals surface area contributed by atoms with Crippen LogP contribution in [0.4, 0.5) is 10.5 Å². The Hall–Kier alpha value is -2.97. The first-order valence-corrected chi connectivity index (χ1v) is 24.0. The molecule has 1 amide bonds. The van der Waals surface area contributed by atoms with Gasteiger partial charge >= 0.3 is 6.09 Å². The number of ether oxygens (including phenoxy) is 2. The summed E-state index contributed by atoms with van der Waals surface area (Å²) >= 11 is 0. The molecule has 0 radical (unpaired) electrons. The smallest absolute Gasteiger partial charge is 0.410 e. The lowest BCUT2D eigenvalue weighted by molar-refractivity contribution is 0.0591. The molecule has 7 rings (SSSR count). The second-order valence-electron chi connectivity index (χ2n) is 16.9. The Bertz CT molecular complexity index is 1810. The number of aromatic nitrogens is 2. The number of fused-ring (bicyclic) bond motifs is 1. The first-order valence-electron chi connectivity index (χ1n) is 18.8. The summed E-state index contributed by atoms with van der Waals surface area (Å²) in [5.74, 6) is 0. The highest BCUT2D eigenvalue weighted by Gasteiger charge is 2.50. The lowest BCUT2D eigenvalue weighted by Gasteiger charge is -2.46. The van der Waals surface area contributed by atoms with Crippen molar-refractivity contribution >= 4 is 40.8 Å². The van der Waals surface area contributed by atoms with Gasteiger partial charge in [0.15, 0.2) is 0 Å². The molecular formula is C38H56N6O5SSi. The third-order valence-electron chi connectivity index (χ3n) is 11.3. The molecular weight excluding hydrogens is 681 g/mol. The fraction of sp³-hybridized carbons (Fsp3) is 0.632. The summed E-state index contributed by atoms with van der Waals surface area (Å²) < 4.78 is 44.9. The highest BCUT2D eigenvalue weighted by molar-refractivity contribution is 7.89. The van der Waals surface area contributed by atoms with Crippen LogP contribution < -0.4 is 4.90 Å². The third kappa shape index (κ3) is 7.88. The topological polar surface area (TPSA) is 100 Å². The molecule has 3 aromatic rings. The fourth-order valence-electron chi connectivity index (χ4n) is 7.94. The molecule has 2 aromatic carbocycles. The van der Waals surface area contributed by atoms with Gasteiger partial charge in [-0.05, 0) is 76.6 Å². The normalized spacial score (nSPS) is 24.1. The maximum Gasteiger partial charge on any atom is 0.410 e. The molecule has 3 atom stereocenters. The quantitative estimate of drug-likeness (QED) is 0.111. The standard InChI is InChI=1S/C38H56N6O5SSi/c1-28-23-41(24-29(2)43(28)31-12-13-31)35-20-33(50(46,47)42(38(3)15-16-38)27-48-18-19-51(4,5)6)21-36-34(35)22-39-44(36)32-14-17-40(25-32)37(45)49-26-30-10-8-7-9-11-30/h7-11,20-22,28-29,31-32H,12-19,23-27H2,1-6H3/t28-,29+,32?. The second-order valence-corrected chi connectivity index (χ2v) is 24.4. The predicted octanol–water partition coefficient (Wildman–Crippen LogP) is 6.54. The molecule has 0 bridgehead atoms. The van der Waals surface area contributed by atoms with Gasteiger partial charge in [0, 0.05) is 75.6 Å². The molecule has 0 N–H and O–H groups in total. The average molecular weight is 737 g/mol. The zero-order valence-electron chi connectivity index (χ0n) is 31.3. The van der Waals surface area contributed by atoms with Crippen molar-refractivity contribution < 1.29 is 22.7 Å². The van der Waals surface area contributed by atoms with Gasteiger partial charge in [0.2, 0.25) is 10.0 Å². The Labute approximate surface area is 304 Å². The molecule has 11 nitrogen and oxygen atoms in total. The van der Waals surface area contributed by atoms with Crippen LogP contribution in [0, 0.1) is 0 Å². The minimum absolute atomic E-state index is 0.0484. The predicted molar refractivity (Wildman–Crippen MR) is 203 cm³/mol. The van der Waals surface area contributed by atoms with Crippen LogP contribution in [0.2, 0.25) is 25.7 Å². The summed E-state index contributed by atoms with van der Waals surface area (Å²) in [5.41, 5.74) is 2.17. The molecule has 1 unspecified atom stereocenters. The van der Waals surface area contributed by atoms with E-state index >= 15 is 0 Å². The Morgan fingerprint density at radius 3 is 2.35 bits per heavy atom. The van der Waals surface area contributed by atoms with Gasteiger partial charge in [-0.15, -0.1) is 0 Å². The summed E-state index contributed by atoms with van der Waals surface area (Å²) in [6, 6.07) is 15.6. The van der Waals surface area contributed by atoms with Crippen molar-refractivity contribution in [3.8, 4) is 0 Å². The van der Waals surface area contributed by atoms with Crippen molar-refractivity contribution in [1.29, 1.82) is 0 Å². The van der Waals surface area contributed by atoms with Crippen molar-refractivity contribution in [3.05, 3.63) is 54.2 Å². The zero-order valence-corrected chi connectivity index (χ0v) is 33.1. The number of anilines is 1. The van der Waals surface area contributed by atoms with Gasteiger partial charge < -0.3 is 19.3 Å². The van der Waals surface area contributed by atoms with Crippen molar-refractivity contribution in [3.63, 3.8) is 0 Å². The zero-order chi connectivity index (χ0) is 36.1.